The standard InChI is InChI=1S/C23H29N3O6/c1-6-15(27)13-23(4,7-2)26-19-17(18(24-26)22(30)31-5)20(28)25(21(19)29)14-9-11-16(12-10-14)32-8-3/h9-12,17,19H,6-8,13H2,1-5H3. The first-order valence-electron chi connectivity index (χ1n) is 10.8. The van der Waals surface area contributed by atoms with E-state index in [9.17, 15) is 19.2 Å². The number of benzene rings is 1. The molecular formula is C23H29N3O6. The number of imide groups is 1. The fraction of sp³-hybridized carbons (Fsp3) is 0.522. The molecule has 0 aromatic heterocycles. The maximum atomic E-state index is 13.5. The Hall–Kier alpha value is -3.23. The Labute approximate surface area is 187 Å². The first-order valence-corrected chi connectivity index (χ1v) is 10.8. The van der Waals surface area contributed by atoms with Crippen LogP contribution in [0.5, 0.6) is 5.75 Å². The molecule has 2 aliphatic heterocycles. The van der Waals surface area contributed by atoms with Crippen LogP contribution in [-0.2, 0) is 23.9 Å². The van der Waals surface area contributed by atoms with Crippen molar-refractivity contribution in [3.8, 4) is 5.75 Å². The van der Waals surface area contributed by atoms with E-state index in [4.69, 9.17) is 9.47 Å². The summed E-state index contributed by atoms with van der Waals surface area (Å²) >= 11 is 0. The highest BCUT2D eigenvalue weighted by molar-refractivity contribution is 6.46. The summed E-state index contributed by atoms with van der Waals surface area (Å²) in [5.41, 5.74) is -0.575. The average Bonchev–Trinajstić information content (AvgIpc) is 3.31. The van der Waals surface area contributed by atoms with Crippen molar-refractivity contribution < 1.29 is 28.7 Å². The summed E-state index contributed by atoms with van der Waals surface area (Å²) < 4.78 is 10.3. The van der Waals surface area contributed by atoms with Gasteiger partial charge in [0.15, 0.2) is 5.71 Å². The number of esters is 1. The number of methoxy groups -OCH3 is 1. The van der Waals surface area contributed by atoms with E-state index in [-0.39, 0.29) is 17.9 Å². The lowest BCUT2D eigenvalue weighted by Gasteiger charge is -2.39. The second-order valence-electron chi connectivity index (χ2n) is 8.10. The molecule has 1 fully saturated rings. The number of ether oxygens (including phenoxy) is 2. The lowest BCUT2D eigenvalue weighted by Crippen LogP contribution is -2.51. The topological polar surface area (TPSA) is 106 Å². The number of hydrogen-bond acceptors (Lipinski definition) is 8. The largest absolute Gasteiger partial charge is 0.494 e. The molecule has 32 heavy (non-hydrogen) atoms. The van der Waals surface area contributed by atoms with Crippen LogP contribution in [0.4, 0.5) is 5.69 Å². The van der Waals surface area contributed by atoms with Crippen LogP contribution < -0.4 is 9.64 Å². The molecule has 2 aliphatic rings. The van der Waals surface area contributed by atoms with Gasteiger partial charge in [0, 0.05) is 12.8 Å². The molecule has 0 bridgehead atoms. The van der Waals surface area contributed by atoms with Crippen molar-refractivity contribution in [2.75, 3.05) is 18.6 Å². The molecule has 3 rings (SSSR count). The van der Waals surface area contributed by atoms with Crippen molar-refractivity contribution in [2.45, 2.75) is 58.5 Å². The number of anilines is 1. The number of hydrogen-bond donors (Lipinski definition) is 0. The molecule has 2 heterocycles. The Balaban J connectivity index is 2.04. The molecular weight excluding hydrogens is 414 g/mol. The van der Waals surface area contributed by atoms with E-state index in [1.54, 1.807) is 31.2 Å². The van der Waals surface area contributed by atoms with Gasteiger partial charge in [-0.2, -0.15) is 5.10 Å². The number of rotatable bonds is 9. The monoisotopic (exact) mass is 443 g/mol. The fourth-order valence-electron chi connectivity index (χ4n) is 4.17. The van der Waals surface area contributed by atoms with E-state index < -0.39 is 35.3 Å². The molecule has 1 aromatic rings. The minimum absolute atomic E-state index is 0.00718. The summed E-state index contributed by atoms with van der Waals surface area (Å²) in [4.78, 5) is 52.7. The van der Waals surface area contributed by atoms with Gasteiger partial charge in [0.2, 0.25) is 5.91 Å². The van der Waals surface area contributed by atoms with Crippen LogP contribution in [0.25, 0.3) is 0 Å². The van der Waals surface area contributed by atoms with Gasteiger partial charge >= 0.3 is 5.97 Å². The molecule has 3 atom stereocenters. The molecule has 0 spiro atoms. The first-order chi connectivity index (χ1) is 15.2. The van der Waals surface area contributed by atoms with Crippen molar-refractivity contribution in [1.82, 2.24) is 5.01 Å². The molecule has 2 amide bonds. The highest BCUT2D eigenvalue weighted by Crippen LogP contribution is 2.41. The highest BCUT2D eigenvalue weighted by atomic mass is 16.5. The number of Topliss-reactive ketones (excluding diaryl/α,β-unsaturated/α-hetero) is 1. The van der Waals surface area contributed by atoms with Crippen molar-refractivity contribution >= 4 is 35.0 Å². The van der Waals surface area contributed by atoms with E-state index in [2.05, 4.69) is 5.10 Å². The van der Waals surface area contributed by atoms with E-state index in [1.165, 1.54) is 12.1 Å². The van der Waals surface area contributed by atoms with Crippen molar-refractivity contribution in [3.05, 3.63) is 24.3 Å². The van der Waals surface area contributed by atoms with E-state index in [0.717, 1.165) is 4.90 Å². The van der Waals surface area contributed by atoms with Gasteiger partial charge < -0.3 is 9.47 Å². The average molecular weight is 444 g/mol. The summed E-state index contributed by atoms with van der Waals surface area (Å²) in [5.74, 6) is -2.27. The first kappa shape index (κ1) is 23.4. The number of amides is 2. The van der Waals surface area contributed by atoms with Crippen LogP contribution >= 0.6 is 0 Å². The van der Waals surface area contributed by atoms with Crippen molar-refractivity contribution in [3.63, 3.8) is 0 Å². The fourth-order valence-corrected chi connectivity index (χ4v) is 4.17. The van der Waals surface area contributed by atoms with Crippen LogP contribution in [0.15, 0.2) is 29.4 Å². The van der Waals surface area contributed by atoms with Gasteiger partial charge in [-0.25, -0.2) is 9.69 Å². The predicted octanol–water partition coefficient (Wildman–Crippen LogP) is 2.33. The molecule has 3 unspecified atom stereocenters. The lowest BCUT2D eigenvalue weighted by molar-refractivity contribution is -0.133. The summed E-state index contributed by atoms with van der Waals surface area (Å²) in [7, 11) is 1.20. The number of fused-ring (bicyclic) bond motifs is 1. The van der Waals surface area contributed by atoms with Gasteiger partial charge in [0.05, 0.1) is 24.9 Å². The Morgan fingerprint density at radius 1 is 1.09 bits per heavy atom. The molecule has 1 aromatic carbocycles. The second kappa shape index (κ2) is 9.10. The van der Waals surface area contributed by atoms with E-state index >= 15 is 0 Å². The number of hydrazone groups is 1. The summed E-state index contributed by atoms with van der Waals surface area (Å²) in [6.45, 7) is 7.82. The third-order valence-corrected chi connectivity index (χ3v) is 6.14. The third kappa shape index (κ3) is 3.87. The molecule has 9 heteroatoms. The van der Waals surface area contributed by atoms with Crippen LogP contribution in [0.2, 0.25) is 0 Å². The number of carbonyl (C=O) groups excluding carboxylic acids is 4. The Bertz CT molecular complexity index is 957. The van der Waals surface area contributed by atoms with Gasteiger partial charge in [-0.1, -0.05) is 13.8 Å². The number of carbonyl (C=O) groups is 4. The minimum Gasteiger partial charge on any atom is -0.494 e. The van der Waals surface area contributed by atoms with Crippen LogP contribution in [-0.4, -0.2) is 59.6 Å². The molecule has 0 radical (unpaired) electrons. The highest BCUT2D eigenvalue weighted by Gasteiger charge is 2.61. The molecule has 9 nitrogen and oxygen atoms in total. The van der Waals surface area contributed by atoms with E-state index in [1.807, 2.05) is 20.8 Å². The Kier molecular flexibility index (Phi) is 6.66. The predicted molar refractivity (Wildman–Crippen MR) is 117 cm³/mol. The molecule has 1 saturated heterocycles. The smallest absolute Gasteiger partial charge is 0.355 e. The van der Waals surface area contributed by atoms with Gasteiger partial charge in [-0.3, -0.25) is 19.4 Å². The van der Waals surface area contributed by atoms with Crippen LogP contribution in [0.3, 0.4) is 0 Å². The van der Waals surface area contributed by atoms with Crippen molar-refractivity contribution in [1.29, 1.82) is 0 Å². The van der Waals surface area contributed by atoms with Crippen LogP contribution in [0.1, 0.15) is 47.0 Å². The summed E-state index contributed by atoms with van der Waals surface area (Å²) in [5, 5.41) is 5.85. The van der Waals surface area contributed by atoms with Gasteiger partial charge in [-0.15, -0.1) is 0 Å². The summed E-state index contributed by atoms with van der Waals surface area (Å²) in [6, 6.07) is 5.59. The molecule has 172 valence electrons. The minimum atomic E-state index is -1.09. The number of nitrogens with zero attached hydrogens (tertiary/aromatic N) is 3. The van der Waals surface area contributed by atoms with Gasteiger partial charge in [0.1, 0.15) is 23.5 Å². The normalized spacial score (nSPS) is 21.8. The molecule has 0 N–H and O–H groups in total. The maximum absolute atomic E-state index is 13.5. The summed E-state index contributed by atoms with van der Waals surface area (Å²) in [6.07, 6.45) is 0.979. The Morgan fingerprint density at radius 3 is 2.28 bits per heavy atom. The van der Waals surface area contributed by atoms with Gasteiger partial charge in [-0.05, 0) is 44.5 Å². The van der Waals surface area contributed by atoms with Crippen molar-refractivity contribution in [2.24, 2.45) is 11.0 Å². The Morgan fingerprint density at radius 2 is 1.75 bits per heavy atom. The van der Waals surface area contributed by atoms with Gasteiger partial charge in [0.25, 0.3) is 5.91 Å². The van der Waals surface area contributed by atoms with E-state index in [0.29, 0.717) is 30.9 Å². The van der Waals surface area contributed by atoms with Crippen LogP contribution in [0, 0.1) is 5.92 Å². The third-order valence-electron chi connectivity index (χ3n) is 6.14. The molecule has 0 saturated carbocycles. The maximum Gasteiger partial charge on any atom is 0.355 e. The number of ketones is 1. The SMILES string of the molecule is CCOc1ccc(N2C(=O)C3C(C(=O)OC)=NN(C(C)(CC)CC(=O)CC)C3C2=O)cc1. The zero-order chi connectivity index (χ0) is 23.6. The molecule has 0 aliphatic carbocycles. The zero-order valence-electron chi connectivity index (χ0n) is 19.1. The zero-order valence-corrected chi connectivity index (χ0v) is 19.1. The quantitative estimate of drug-likeness (QED) is 0.426. The second-order valence-corrected chi connectivity index (χ2v) is 8.10. The lowest BCUT2D eigenvalue weighted by atomic mass is 9.87.